The molecule has 0 spiro atoms. The number of esters is 1. The monoisotopic (exact) mass is 344 g/mol. The van der Waals surface area contributed by atoms with Crippen molar-refractivity contribution < 1.29 is 9.53 Å². The topological polar surface area (TPSA) is 64.7 Å². The zero-order chi connectivity index (χ0) is 17.5. The minimum absolute atomic E-state index is 0.147. The first-order valence-corrected chi connectivity index (χ1v) is 8.96. The fourth-order valence-corrected chi connectivity index (χ4v) is 3.61. The molecule has 0 amide bonds. The Bertz CT molecular complexity index is 680. The van der Waals surface area contributed by atoms with E-state index in [1.54, 1.807) is 11.8 Å². The van der Waals surface area contributed by atoms with Gasteiger partial charge in [-0.1, -0.05) is 18.2 Å². The lowest BCUT2D eigenvalue weighted by molar-refractivity contribution is -0.143. The predicted molar refractivity (Wildman–Crippen MR) is 103 cm³/mol. The quantitative estimate of drug-likeness (QED) is 0.461. The van der Waals surface area contributed by atoms with Crippen molar-refractivity contribution in [2.24, 2.45) is 4.99 Å². The molecule has 1 atom stereocenters. The number of hydrogen-bond donors (Lipinski definition) is 1. The van der Waals surface area contributed by atoms with Gasteiger partial charge in [-0.15, -0.1) is 18.3 Å². The molecule has 24 heavy (non-hydrogen) atoms. The van der Waals surface area contributed by atoms with E-state index in [-0.39, 0.29) is 11.2 Å². The molecule has 1 aliphatic rings. The molecule has 2 rings (SSSR count). The molecule has 1 aromatic rings. The maximum absolute atomic E-state index is 11.6. The third-order valence-electron chi connectivity index (χ3n) is 3.80. The van der Waals surface area contributed by atoms with Crippen LogP contribution in [0.25, 0.3) is 6.08 Å². The van der Waals surface area contributed by atoms with Crippen molar-refractivity contribution in [3.63, 3.8) is 0 Å². The van der Waals surface area contributed by atoms with Crippen LogP contribution in [-0.2, 0) is 9.53 Å². The minimum atomic E-state index is -0.160. The summed E-state index contributed by atoms with van der Waals surface area (Å²) in [7, 11) is 0. The van der Waals surface area contributed by atoms with Crippen molar-refractivity contribution >= 4 is 34.5 Å². The zero-order valence-corrected chi connectivity index (χ0v) is 15.1. The van der Waals surface area contributed by atoms with Crippen LogP contribution in [0.1, 0.15) is 30.9 Å². The number of aliphatic imine (C=N–C) groups is 1. The Hall–Kier alpha value is -2.01. The van der Waals surface area contributed by atoms with E-state index in [0.717, 1.165) is 33.9 Å². The summed E-state index contributed by atoms with van der Waals surface area (Å²) in [5.74, 6) is -0.160. The highest BCUT2D eigenvalue weighted by atomic mass is 32.2. The molecule has 0 saturated heterocycles. The molecule has 0 radical (unpaired) electrons. The molecule has 0 fully saturated rings. The first kappa shape index (κ1) is 18.3. The van der Waals surface area contributed by atoms with Gasteiger partial charge in [-0.05, 0) is 49.1 Å². The molecular formula is C19H24N2O2S. The van der Waals surface area contributed by atoms with Crippen molar-refractivity contribution in [1.29, 1.82) is 0 Å². The first-order chi connectivity index (χ1) is 11.5. The molecule has 0 aromatic heterocycles. The minimum Gasteiger partial charge on any atom is -0.466 e. The van der Waals surface area contributed by atoms with Crippen molar-refractivity contribution in [2.45, 2.75) is 31.9 Å². The summed E-state index contributed by atoms with van der Waals surface area (Å²) >= 11 is 1.64. The molecule has 2 N–H and O–H groups in total. The van der Waals surface area contributed by atoms with E-state index in [1.807, 2.05) is 38.1 Å². The number of hydrogen-bond acceptors (Lipinski definition) is 5. The molecule has 4 nitrogen and oxygen atoms in total. The Morgan fingerprint density at radius 1 is 1.54 bits per heavy atom. The molecule has 1 aliphatic heterocycles. The maximum Gasteiger partial charge on any atom is 0.306 e. The largest absolute Gasteiger partial charge is 0.466 e. The lowest BCUT2D eigenvalue weighted by Crippen LogP contribution is -2.14. The number of carbonyl (C=O) groups is 1. The highest BCUT2D eigenvalue weighted by molar-refractivity contribution is 8.15. The number of nitrogens with zero attached hydrogens (tertiary/aromatic N) is 1. The van der Waals surface area contributed by atoms with Crippen LogP contribution in [0.3, 0.4) is 0 Å². The zero-order valence-electron chi connectivity index (χ0n) is 14.2. The van der Waals surface area contributed by atoms with Crippen LogP contribution in [0.5, 0.6) is 0 Å². The van der Waals surface area contributed by atoms with Gasteiger partial charge in [-0.3, -0.25) is 9.79 Å². The average molecular weight is 344 g/mol. The van der Waals surface area contributed by atoms with Gasteiger partial charge < -0.3 is 10.5 Å². The SMILES string of the molecule is C=CC/C(=C\c1cccc(N)c1C)C1=NCC(CC(=O)OCC)S1. The van der Waals surface area contributed by atoms with Crippen molar-refractivity contribution in [2.75, 3.05) is 18.9 Å². The van der Waals surface area contributed by atoms with E-state index in [2.05, 4.69) is 17.6 Å². The van der Waals surface area contributed by atoms with Crippen LogP contribution in [-0.4, -0.2) is 29.4 Å². The molecule has 0 saturated carbocycles. The van der Waals surface area contributed by atoms with Crippen molar-refractivity contribution in [3.8, 4) is 0 Å². The molecule has 128 valence electrons. The van der Waals surface area contributed by atoms with Crippen LogP contribution in [0.15, 0.2) is 41.4 Å². The Morgan fingerprint density at radius 3 is 3.04 bits per heavy atom. The van der Waals surface area contributed by atoms with Crippen LogP contribution in [0.2, 0.25) is 0 Å². The van der Waals surface area contributed by atoms with Crippen LogP contribution < -0.4 is 5.73 Å². The van der Waals surface area contributed by atoms with Gasteiger partial charge in [0.15, 0.2) is 0 Å². The van der Waals surface area contributed by atoms with E-state index < -0.39 is 0 Å². The third kappa shape index (κ3) is 4.74. The van der Waals surface area contributed by atoms with Crippen LogP contribution in [0, 0.1) is 6.92 Å². The van der Waals surface area contributed by atoms with Crippen molar-refractivity contribution in [1.82, 2.24) is 0 Å². The number of thioether (sulfide) groups is 1. The molecular weight excluding hydrogens is 320 g/mol. The first-order valence-electron chi connectivity index (χ1n) is 8.08. The summed E-state index contributed by atoms with van der Waals surface area (Å²) in [5, 5.41) is 1.13. The number of carbonyl (C=O) groups excluding carboxylic acids is 1. The normalized spacial score (nSPS) is 17.5. The van der Waals surface area contributed by atoms with Crippen LogP contribution in [0.4, 0.5) is 5.69 Å². The third-order valence-corrected chi connectivity index (χ3v) is 5.07. The van der Waals surface area contributed by atoms with Gasteiger partial charge in [0.25, 0.3) is 0 Å². The summed E-state index contributed by atoms with van der Waals surface area (Å²) in [4.78, 5) is 16.3. The number of anilines is 1. The lowest BCUT2D eigenvalue weighted by Gasteiger charge is -2.10. The fraction of sp³-hybridized carbons (Fsp3) is 0.368. The Labute approximate surface area is 147 Å². The van der Waals surface area contributed by atoms with E-state index in [9.17, 15) is 4.79 Å². The van der Waals surface area contributed by atoms with Gasteiger partial charge in [0.1, 0.15) is 0 Å². The fourth-order valence-electron chi connectivity index (χ4n) is 2.49. The predicted octanol–water partition coefficient (Wildman–Crippen LogP) is 4.00. The maximum atomic E-state index is 11.6. The number of rotatable bonds is 7. The number of nitrogen functional groups attached to an aromatic ring is 1. The smallest absolute Gasteiger partial charge is 0.306 e. The summed E-state index contributed by atoms with van der Waals surface area (Å²) in [5.41, 5.74) is 10.0. The van der Waals surface area contributed by atoms with E-state index in [0.29, 0.717) is 19.6 Å². The summed E-state index contributed by atoms with van der Waals surface area (Å²) in [6, 6.07) is 5.90. The van der Waals surface area contributed by atoms with Gasteiger partial charge >= 0.3 is 5.97 Å². The van der Waals surface area contributed by atoms with E-state index >= 15 is 0 Å². The van der Waals surface area contributed by atoms with Gasteiger partial charge in [-0.2, -0.15) is 0 Å². The molecule has 5 heteroatoms. The summed E-state index contributed by atoms with van der Waals surface area (Å²) in [6.07, 6.45) is 5.11. The number of benzene rings is 1. The number of allylic oxidation sites excluding steroid dienone is 1. The van der Waals surface area contributed by atoms with Gasteiger partial charge in [0.2, 0.25) is 0 Å². The van der Waals surface area contributed by atoms with Gasteiger partial charge in [0.05, 0.1) is 24.6 Å². The second-order valence-corrected chi connectivity index (χ2v) is 6.91. The van der Waals surface area contributed by atoms with Crippen LogP contribution >= 0.6 is 11.8 Å². The Balaban J connectivity index is 2.14. The van der Waals surface area contributed by atoms with E-state index in [1.165, 1.54) is 0 Å². The molecule has 1 heterocycles. The van der Waals surface area contributed by atoms with Crippen molar-refractivity contribution in [3.05, 3.63) is 47.6 Å². The molecule has 0 bridgehead atoms. The van der Waals surface area contributed by atoms with Gasteiger partial charge in [-0.25, -0.2) is 0 Å². The molecule has 0 aliphatic carbocycles. The average Bonchev–Trinajstić information content (AvgIpc) is 2.99. The Morgan fingerprint density at radius 2 is 2.33 bits per heavy atom. The summed E-state index contributed by atoms with van der Waals surface area (Å²) < 4.78 is 5.02. The summed E-state index contributed by atoms with van der Waals surface area (Å²) in [6.45, 7) is 8.73. The van der Waals surface area contributed by atoms with E-state index in [4.69, 9.17) is 10.5 Å². The van der Waals surface area contributed by atoms with Gasteiger partial charge in [0, 0.05) is 10.9 Å². The molecule has 1 aromatic carbocycles. The lowest BCUT2D eigenvalue weighted by atomic mass is 10.0. The second-order valence-electron chi connectivity index (χ2n) is 5.62. The second kappa shape index (κ2) is 8.73. The highest BCUT2D eigenvalue weighted by Gasteiger charge is 2.24. The standard InChI is InChI=1S/C19H24N2O2S/c1-4-7-15(10-14-8-6-9-17(20)13(14)3)19-21-12-16(24-19)11-18(22)23-5-2/h4,6,8-10,16H,1,5,7,11-12,20H2,2-3H3/b15-10+. The highest BCUT2D eigenvalue weighted by Crippen LogP contribution is 2.31. The molecule has 1 unspecified atom stereocenters. The Kier molecular flexibility index (Phi) is 6.67. The number of nitrogens with two attached hydrogens (primary N) is 1. The number of ether oxygens (including phenoxy) is 1.